The smallest absolute Gasteiger partial charge is 0.263 e. The molecule has 13 heteroatoms. The van der Waals surface area contributed by atoms with Crippen LogP contribution in [0, 0.1) is 5.92 Å². The van der Waals surface area contributed by atoms with E-state index in [0.29, 0.717) is 43.2 Å². The Bertz CT molecular complexity index is 1790. The Morgan fingerprint density at radius 3 is 2.50 bits per heavy atom. The molecule has 1 N–H and O–H groups in total. The van der Waals surface area contributed by atoms with E-state index in [9.17, 15) is 18.0 Å². The maximum absolute atomic E-state index is 14.1. The minimum atomic E-state index is -3.90. The van der Waals surface area contributed by atoms with Gasteiger partial charge in [0.1, 0.15) is 0 Å². The van der Waals surface area contributed by atoms with Gasteiger partial charge in [0.25, 0.3) is 5.56 Å². The van der Waals surface area contributed by atoms with Crippen molar-refractivity contribution in [3.8, 4) is 0 Å². The number of anilines is 1. The number of nitrogens with zero attached hydrogens (tertiary/aromatic N) is 7. The number of hydrogen-bond acceptors (Lipinski definition) is 7. The third-order valence-electron chi connectivity index (χ3n) is 7.86. The Kier molecular flexibility index (Phi) is 6.26. The van der Waals surface area contributed by atoms with E-state index in [0.717, 1.165) is 18.4 Å². The number of amides is 1. The third kappa shape index (κ3) is 4.66. The second kappa shape index (κ2) is 9.44. The molecule has 40 heavy (non-hydrogen) atoms. The number of rotatable bonds is 7. The number of nitrogens with one attached hydrogen (secondary N) is 1. The largest absolute Gasteiger partial charge is 0.366 e. The molecule has 2 aliphatic rings. The second-order valence-electron chi connectivity index (χ2n) is 11.5. The first-order valence-corrected chi connectivity index (χ1v) is 15.0. The standard InChI is InChI=1S/C27H34N8O4S/c1-18(2)24(36)33-11-9-32(10-12-33)22-14-20(40(38,39)30-27(3)5-6-27)13-21-23(22)34-8-7-28-26(34)35(25(21)37)17-19-15-29-31(4)16-19/h7-8,13-16,18,30H,5-6,9-12,17H2,1-4H3. The van der Waals surface area contributed by atoms with E-state index < -0.39 is 15.6 Å². The molecule has 1 saturated heterocycles. The molecule has 212 valence electrons. The van der Waals surface area contributed by atoms with E-state index in [1.807, 2.05) is 43.3 Å². The number of piperazine rings is 1. The first kappa shape index (κ1) is 26.5. The van der Waals surface area contributed by atoms with Crippen LogP contribution in [0.3, 0.4) is 0 Å². The molecule has 0 atom stereocenters. The topological polar surface area (TPSA) is 127 Å². The Morgan fingerprint density at radius 1 is 1.15 bits per heavy atom. The summed E-state index contributed by atoms with van der Waals surface area (Å²) < 4.78 is 35.0. The van der Waals surface area contributed by atoms with Gasteiger partial charge < -0.3 is 9.80 Å². The van der Waals surface area contributed by atoms with Crippen LogP contribution >= 0.6 is 0 Å². The van der Waals surface area contributed by atoms with Gasteiger partial charge in [-0.15, -0.1) is 0 Å². The number of benzene rings is 1. The molecule has 6 rings (SSSR count). The minimum Gasteiger partial charge on any atom is -0.366 e. The maximum Gasteiger partial charge on any atom is 0.263 e. The van der Waals surface area contributed by atoms with E-state index in [4.69, 9.17) is 0 Å². The zero-order valence-electron chi connectivity index (χ0n) is 23.2. The van der Waals surface area contributed by atoms with Gasteiger partial charge in [-0.25, -0.2) is 18.1 Å². The van der Waals surface area contributed by atoms with E-state index in [1.54, 1.807) is 33.9 Å². The molecule has 4 aromatic rings. The fourth-order valence-electron chi connectivity index (χ4n) is 5.40. The highest BCUT2D eigenvalue weighted by Crippen LogP contribution is 2.37. The van der Waals surface area contributed by atoms with Crippen LogP contribution in [0.2, 0.25) is 0 Å². The van der Waals surface area contributed by atoms with Crippen LogP contribution in [0.5, 0.6) is 0 Å². The Hall–Kier alpha value is -3.71. The Balaban J connectivity index is 1.52. The van der Waals surface area contributed by atoms with Crippen molar-refractivity contribution in [2.24, 2.45) is 13.0 Å². The van der Waals surface area contributed by atoms with Crippen molar-refractivity contribution in [1.82, 2.24) is 33.4 Å². The quantitative estimate of drug-likeness (QED) is 0.360. The van der Waals surface area contributed by atoms with E-state index in [2.05, 4.69) is 19.7 Å². The van der Waals surface area contributed by atoms with Crippen LogP contribution in [-0.2, 0) is 28.4 Å². The van der Waals surface area contributed by atoms with Gasteiger partial charge in [0.05, 0.1) is 34.2 Å². The predicted molar refractivity (Wildman–Crippen MR) is 151 cm³/mol. The van der Waals surface area contributed by atoms with Crippen molar-refractivity contribution in [2.45, 2.75) is 50.6 Å². The number of fused-ring (bicyclic) bond motifs is 3. The first-order chi connectivity index (χ1) is 19.0. The Labute approximate surface area is 232 Å². The lowest BCUT2D eigenvalue weighted by Crippen LogP contribution is -2.50. The molecule has 0 unspecified atom stereocenters. The number of aromatic nitrogens is 5. The Morgan fingerprint density at radius 2 is 1.88 bits per heavy atom. The first-order valence-electron chi connectivity index (χ1n) is 13.5. The molecule has 3 aromatic heterocycles. The van der Waals surface area contributed by atoms with Crippen molar-refractivity contribution >= 4 is 38.3 Å². The summed E-state index contributed by atoms with van der Waals surface area (Å²) in [5.74, 6) is 0.452. The molecule has 0 bridgehead atoms. The van der Waals surface area contributed by atoms with Gasteiger partial charge in [-0.3, -0.25) is 23.2 Å². The van der Waals surface area contributed by atoms with Crippen LogP contribution in [0.1, 0.15) is 39.2 Å². The van der Waals surface area contributed by atoms with Crippen LogP contribution in [0.15, 0.2) is 46.6 Å². The van der Waals surface area contributed by atoms with Crippen molar-refractivity contribution in [1.29, 1.82) is 0 Å². The molecule has 1 aliphatic heterocycles. The molecule has 1 amide bonds. The van der Waals surface area contributed by atoms with Crippen molar-refractivity contribution < 1.29 is 13.2 Å². The minimum absolute atomic E-state index is 0.0494. The maximum atomic E-state index is 14.1. The lowest BCUT2D eigenvalue weighted by atomic mass is 10.1. The summed E-state index contributed by atoms with van der Waals surface area (Å²) >= 11 is 0. The van der Waals surface area contributed by atoms with Gasteiger partial charge in [-0.05, 0) is 31.9 Å². The van der Waals surface area contributed by atoms with Gasteiger partial charge in [0.15, 0.2) is 0 Å². The van der Waals surface area contributed by atoms with Crippen LogP contribution < -0.4 is 15.2 Å². The van der Waals surface area contributed by atoms with Gasteiger partial charge in [-0.1, -0.05) is 13.8 Å². The lowest BCUT2D eigenvalue weighted by molar-refractivity contribution is -0.134. The number of carbonyl (C=O) groups is 1. The van der Waals surface area contributed by atoms with Crippen molar-refractivity contribution in [2.75, 3.05) is 31.1 Å². The molecular formula is C27H34N8O4S. The molecule has 2 fully saturated rings. The molecule has 4 heterocycles. The fourth-order valence-corrected chi connectivity index (χ4v) is 6.91. The molecule has 1 aromatic carbocycles. The van der Waals surface area contributed by atoms with Crippen LogP contribution in [0.4, 0.5) is 5.69 Å². The summed E-state index contributed by atoms with van der Waals surface area (Å²) in [6.07, 6.45) is 8.49. The molecular weight excluding hydrogens is 532 g/mol. The highest BCUT2D eigenvalue weighted by Gasteiger charge is 2.41. The van der Waals surface area contributed by atoms with Gasteiger partial charge >= 0.3 is 0 Å². The number of carbonyl (C=O) groups excluding carboxylic acids is 1. The highest BCUT2D eigenvalue weighted by molar-refractivity contribution is 7.89. The summed E-state index contributed by atoms with van der Waals surface area (Å²) in [5, 5.41) is 4.50. The van der Waals surface area contributed by atoms with Gasteiger partial charge in [0, 0.05) is 68.8 Å². The number of aryl methyl sites for hydroxylation is 1. The SMILES string of the molecule is CC(C)C(=O)N1CCN(c2cc(S(=O)(=O)NC3(C)CC3)cc3c(=O)n(Cc4cnn(C)c4)c4nccn4c23)CC1. The van der Waals surface area contributed by atoms with Crippen molar-refractivity contribution in [3.05, 3.63) is 52.8 Å². The summed E-state index contributed by atoms with van der Waals surface area (Å²) in [4.78, 5) is 35.1. The van der Waals surface area contributed by atoms with Crippen LogP contribution in [-0.4, -0.2) is 74.7 Å². The van der Waals surface area contributed by atoms with Crippen molar-refractivity contribution in [3.63, 3.8) is 0 Å². The number of imidazole rings is 1. The van der Waals surface area contributed by atoms with Crippen LogP contribution in [0.25, 0.3) is 16.7 Å². The van der Waals surface area contributed by atoms with E-state index in [-0.39, 0.29) is 34.2 Å². The molecule has 0 spiro atoms. The predicted octanol–water partition coefficient (Wildman–Crippen LogP) is 1.57. The zero-order valence-corrected chi connectivity index (χ0v) is 24.0. The van der Waals surface area contributed by atoms with E-state index in [1.165, 1.54) is 6.07 Å². The molecule has 1 aliphatic carbocycles. The fraction of sp³-hybridized carbons (Fsp3) is 0.481. The summed E-state index contributed by atoms with van der Waals surface area (Å²) in [7, 11) is -2.09. The summed E-state index contributed by atoms with van der Waals surface area (Å²) in [6, 6.07) is 3.13. The molecule has 0 radical (unpaired) electrons. The van der Waals surface area contributed by atoms with Gasteiger partial charge in [0.2, 0.25) is 21.7 Å². The third-order valence-corrected chi connectivity index (χ3v) is 9.48. The summed E-state index contributed by atoms with van der Waals surface area (Å²) in [5.41, 5.74) is 1.25. The monoisotopic (exact) mass is 566 g/mol. The second-order valence-corrected chi connectivity index (χ2v) is 13.2. The van der Waals surface area contributed by atoms with Gasteiger partial charge in [-0.2, -0.15) is 5.10 Å². The normalized spacial score (nSPS) is 17.3. The number of sulfonamides is 1. The zero-order chi connectivity index (χ0) is 28.4. The molecule has 12 nitrogen and oxygen atoms in total. The average molecular weight is 567 g/mol. The average Bonchev–Trinajstić information content (AvgIpc) is 3.27. The summed E-state index contributed by atoms with van der Waals surface area (Å²) in [6.45, 7) is 7.93. The highest BCUT2D eigenvalue weighted by atomic mass is 32.2. The van der Waals surface area contributed by atoms with E-state index >= 15 is 0 Å². The molecule has 1 saturated carbocycles. The number of hydrogen-bond donors (Lipinski definition) is 1. The lowest BCUT2D eigenvalue weighted by Gasteiger charge is -2.37.